The zero-order valence-electron chi connectivity index (χ0n) is 16.1. The Morgan fingerprint density at radius 1 is 1.13 bits per heavy atom. The first-order chi connectivity index (χ1) is 14.4. The molecule has 0 aliphatic carbocycles. The number of benzene rings is 2. The third-order valence-corrected chi connectivity index (χ3v) is 5.70. The van der Waals surface area contributed by atoms with Gasteiger partial charge in [0.15, 0.2) is 6.61 Å². The fourth-order valence-electron chi connectivity index (χ4n) is 2.30. The van der Waals surface area contributed by atoms with Crippen molar-refractivity contribution in [1.29, 1.82) is 0 Å². The molecule has 2 rings (SSSR count). The van der Waals surface area contributed by atoms with Crippen LogP contribution in [0.4, 0.5) is 13.2 Å². The summed E-state index contributed by atoms with van der Waals surface area (Å²) < 4.78 is 69.6. The molecule has 0 fully saturated rings. The quantitative estimate of drug-likeness (QED) is 0.568. The van der Waals surface area contributed by atoms with Crippen LogP contribution in [-0.4, -0.2) is 32.9 Å². The summed E-state index contributed by atoms with van der Waals surface area (Å²) in [5, 5.41) is 3.04. The van der Waals surface area contributed by atoms with Gasteiger partial charge in [0, 0.05) is 11.6 Å². The third kappa shape index (κ3) is 7.53. The molecule has 0 saturated carbocycles. The lowest BCUT2D eigenvalue weighted by Crippen LogP contribution is -2.40. The van der Waals surface area contributed by atoms with Crippen molar-refractivity contribution in [3.63, 3.8) is 0 Å². The van der Waals surface area contributed by atoms with E-state index in [0.717, 1.165) is 30.7 Å². The van der Waals surface area contributed by atoms with E-state index in [4.69, 9.17) is 16.3 Å². The Labute approximate surface area is 181 Å². The van der Waals surface area contributed by atoms with Gasteiger partial charge < -0.3 is 10.1 Å². The minimum atomic E-state index is -4.73. The second kappa shape index (κ2) is 10.1. The Hall–Kier alpha value is -2.63. The summed E-state index contributed by atoms with van der Waals surface area (Å²) in [6.07, 6.45) is -4.73. The van der Waals surface area contributed by atoms with Crippen molar-refractivity contribution in [3.8, 4) is 0 Å². The number of ether oxygens (including phenoxy) is 1. The van der Waals surface area contributed by atoms with Crippen LogP contribution in [0.3, 0.4) is 0 Å². The SMILES string of the molecule is C[C@H](NS(=O)(=O)c1cccc(C(F)(F)F)c1)C(=O)OCC(=O)NCc1ccc(Cl)cc1. The average Bonchev–Trinajstić information content (AvgIpc) is 2.70. The van der Waals surface area contributed by atoms with Crippen LogP contribution in [-0.2, 0) is 37.1 Å². The molecule has 1 amide bonds. The maximum absolute atomic E-state index is 12.8. The first kappa shape index (κ1) is 24.6. The summed E-state index contributed by atoms with van der Waals surface area (Å²) >= 11 is 5.76. The lowest BCUT2D eigenvalue weighted by molar-refractivity contribution is -0.149. The van der Waals surface area contributed by atoms with Gasteiger partial charge in [0.25, 0.3) is 5.91 Å². The fourth-order valence-corrected chi connectivity index (χ4v) is 3.67. The largest absolute Gasteiger partial charge is 0.454 e. The van der Waals surface area contributed by atoms with Gasteiger partial charge in [-0.05, 0) is 42.8 Å². The van der Waals surface area contributed by atoms with Gasteiger partial charge in [-0.2, -0.15) is 17.9 Å². The van der Waals surface area contributed by atoms with Crippen molar-refractivity contribution >= 4 is 33.5 Å². The third-order valence-electron chi connectivity index (χ3n) is 3.91. The number of hydrogen-bond donors (Lipinski definition) is 2. The molecule has 0 radical (unpaired) electrons. The van der Waals surface area contributed by atoms with Gasteiger partial charge >= 0.3 is 12.1 Å². The molecule has 12 heteroatoms. The summed E-state index contributed by atoms with van der Waals surface area (Å²) in [5.74, 6) is -1.70. The number of sulfonamides is 1. The first-order valence-electron chi connectivity index (χ1n) is 8.76. The average molecular weight is 479 g/mol. The van der Waals surface area contributed by atoms with Gasteiger partial charge in [-0.3, -0.25) is 9.59 Å². The Balaban J connectivity index is 1.88. The molecule has 7 nitrogen and oxygen atoms in total. The molecule has 0 bridgehead atoms. The highest BCUT2D eigenvalue weighted by molar-refractivity contribution is 7.89. The molecule has 0 aromatic heterocycles. The topological polar surface area (TPSA) is 102 Å². The maximum Gasteiger partial charge on any atom is 0.416 e. The Morgan fingerprint density at radius 2 is 1.77 bits per heavy atom. The lowest BCUT2D eigenvalue weighted by Gasteiger charge is -2.15. The summed E-state index contributed by atoms with van der Waals surface area (Å²) in [7, 11) is -4.44. The molecule has 0 aliphatic rings. The zero-order valence-corrected chi connectivity index (χ0v) is 17.6. The Bertz CT molecular complexity index is 1040. The number of rotatable bonds is 8. The van der Waals surface area contributed by atoms with Crippen molar-refractivity contribution in [2.45, 2.75) is 30.6 Å². The molecule has 0 unspecified atom stereocenters. The van der Waals surface area contributed by atoms with Crippen LogP contribution < -0.4 is 10.0 Å². The van der Waals surface area contributed by atoms with E-state index in [1.807, 2.05) is 4.72 Å². The van der Waals surface area contributed by atoms with E-state index in [1.54, 1.807) is 24.3 Å². The van der Waals surface area contributed by atoms with Crippen LogP contribution in [0.15, 0.2) is 53.4 Å². The standard InChI is InChI=1S/C19H18ClF3N2O5S/c1-12(25-31(28,29)16-4-2-3-14(9-16)19(21,22)23)18(27)30-11-17(26)24-10-13-5-7-15(20)8-6-13/h2-9,12,25H,10-11H2,1H3,(H,24,26)/t12-/m0/s1. The molecule has 0 heterocycles. The van der Waals surface area contributed by atoms with Gasteiger partial charge in [-0.1, -0.05) is 29.8 Å². The highest BCUT2D eigenvalue weighted by Gasteiger charge is 2.32. The van der Waals surface area contributed by atoms with E-state index in [-0.39, 0.29) is 6.54 Å². The van der Waals surface area contributed by atoms with E-state index in [0.29, 0.717) is 11.1 Å². The molecule has 31 heavy (non-hydrogen) atoms. The van der Waals surface area contributed by atoms with Crippen molar-refractivity contribution in [2.75, 3.05) is 6.61 Å². The maximum atomic E-state index is 12.8. The lowest BCUT2D eigenvalue weighted by atomic mass is 10.2. The second-order valence-corrected chi connectivity index (χ2v) is 8.53. The molecule has 168 valence electrons. The molecule has 0 saturated heterocycles. The van der Waals surface area contributed by atoms with Crippen molar-refractivity contribution in [3.05, 3.63) is 64.7 Å². The number of halogens is 4. The molecular weight excluding hydrogens is 461 g/mol. The number of carbonyl (C=O) groups is 2. The highest BCUT2D eigenvalue weighted by atomic mass is 35.5. The zero-order chi connectivity index (χ0) is 23.2. The molecule has 2 aromatic rings. The number of alkyl halides is 3. The highest BCUT2D eigenvalue weighted by Crippen LogP contribution is 2.30. The molecular formula is C19H18ClF3N2O5S. The minimum Gasteiger partial charge on any atom is -0.454 e. The number of hydrogen-bond acceptors (Lipinski definition) is 5. The summed E-state index contributed by atoms with van der Waals surface area (Å²) in [4.78, 5) is 23.1. The second-order valence-electron chi connectivity index (χ2n) is 6.38. The van der Waals surface area contributed by atoms with Gasteiger partial charge in [0.05, 0.1) is 10.5 Å². The monoisotopic (exact) mass is 478 g/mol. The van der Waals surface area contributed by atoms with E-state index in [2.05, 4.69) is 5.32 Å². The fraction of sp³-hybridized carbons (Fsp3) is 0.263. The normalized spacial score (nSPS) is 12.8. The molecule has 2 aromatic carbocycles. The van der Waals surface area contributed by atoms with E-state index < -0.39 is 51.2 Å². The van der Waals surface area contributed by atoms with Crippen molar-refractivity contribution in [1.82, 2.24) is 10.0 Å². The van der Waals surface area contributed by atoms with Gasteiger partial charge in [-0.25, -0.2) is 8.42 Å². The van der Waals surface area contributed by atoms with Crippen LogP contribution in [0.2, 0.25) is 5.02 Å². The van der Waals surface area contributed by atoms with Crippen LogP contribution in [0, 0.1) is 0 Å². The Morgan fingerprint density at radius 3 is 2.39 bits per heavy atom. The molecule has 0 aliphatic heterocycles. The molecule has 0 spiro atoms. The van der Waals surface area contributed by atoms with Crippen molar-refractivity contribution in [2.24, 2.45) is 0 Å². The van der Waals surface area contributed by atoms with Crippen molar-refractivity contribution < 1.29 is 35.9 Å². The van der Waals surface area contributed by atoms with Crippen LogP contribution in [0.1, 0.15) is 18.1 Å². The smallest absolute Gasteiger partial charge is 0.416 e. The summed E-state index contributed by atoms with van der Waals surface area (Å²) in [6, 6.07) is 8.29. The van der Waals surface area contributed by atoms with E-state index >= 15 is 0 Å². The number of amides is 1. The van der Waals surface area contributed by atoms with E-state index in [9.17, 15) is 31.2 Å². The number of nitrogens with one attached hydrogen (secondary N) is 2. The molecule has 1 atom stereocenters. The predicted molar refractivity (Wildman–Crippen MR) is 105 cm³/mol. The van der Waals surface area contributed by atoms with Crippen LogP contribution in [0.25, 0.3) is 0 Å². The van der Waals surface area contributed by atoms with Gasteiger partial charge in [0.1, 0.15) is 6.04 Å². The van der Waals surface area contributed by atoms with Crippen LogP contribution in [0.5, 0.6) is 0 Å². The summed E-state index contributed by atoms with van der Waals surface area (Å²) in [6.45, 7) is 0.631. The van der Waals surface area contributed by atoms with E-state index in [1.165, 1.54) is 0 Å². The number of carbonyl (C=O) groups excluding carboxylic acids is 2. The predicted octanol–water partition coefficient (Wildman–Crippen LogP) is 2.89. The van der Waals surface area contributed by atoms with Gasteiger partial charge in [0.2, 0.25) is 10.0 Å². The summed E-state index contributed by atoms with van der Waals surface area (Å²) in [5.41, 5.74) is -0.394. The minimum absolute atomic E-state index is 0.158. The Kier molecular flexibility index (Phi) is 8.04. The molecule has 2 N–H and O–H groups in total. The van der Waals surface area contributed by atoms with Gasteiger partial charge in [-0.15, -0.1) is 0 Å². The van der Waals surface area contributed by atoms with Crippen LogP contribution >= 0.6 is 11.6 Å². The first-order valence-corrected chi connectivity index (χ1v) is 10.6. The number of esters is 1.